The molecule has 1 atom stereocenters. The monoisotopic (exact) mass is 463 g/mol. The number of hydrogen-bond donors (Lipinski definition) is 1. The number of hydrogen-bond acceptors (Lipinski definition) is 8. The third-order valence-corrected chi connectivity index (χ3v) is 5.02. The summed E-state index contributed by atoms with van der Waals surface area (Å²) in [7, 11) is 2.41. The topological polar surface area (TPSA) is 128 Å². The number of nitro groups is 1. The van der Waals surface area contributed by atoms with Gasteiger partial charge in [0.1, 0.15) is 11.5 Å². The molecule has 0 spiro atoms. The lowest BCUT2D eigenvalue weighted by molar-refractivity contribution is -0.430. The Morgan fingerprint density at radius 1 is 1.19 bits per heavy atom. The molecule has 160 valence electrons. The molecule has 0 aromatic heterocycles. The van der Waals surface area contributed by atoms with Crippen LogP contribution in [0, 0.1) is 16.0 Å². The molecule has 1 fully saturated rings. The first-order chi connectivity index (χ1) is 14.7. The van der Waals surface area contributed by atoms with E-state index in [-0.39, 0.29) is 16.6 Å². The third-order valence-electron chi connectivity index (χ3n) is 4.48. The number of carbonyl (C=O) groups is 3. The van der Waals surface area contributed by atoms with Crippen LogP contribution in [-0.2, 0) is 23.9 Å². The number of nitrogens with zero attached hydrogens (tertiary/aromatic N) is 2. The van der Waals surface area contributed by atoms with Crippen LogP contribution in [-0.4, -0.2) is 41.9 Å². The van der Waals surface area contributed by atoms with E-state index in [1.54, 1.807) is 0 Å². The van der Waals surface area contributed by atoms with Gasteiger partial charge in [0.15, 0.2) is 10.9 Å². The molecule has 2 aliphatic rings. The molecule has 1 aliphatic carbocycles. The van der Waals surface area contributed by atoms with Crippen molar-refractivity contribution in [2.45, 2.75) is 0 Å². The fourth-order valence-corrected chi connectivity index (χ4v) is 3.44. The molecular weight excluding hydrogens is 450 g/mol. The van der Waals surface area contributed by atoms with E-state index in [0.29, 0.717) is 10.7 Å². The second kappa shape index (κ2) is 8.66. The van der Waals surface area contributed by atoms with Gasteiger partial charge in [-0.05, 0) is 42.6 Å². The minimum Gasteiger partial charge on any atom is -0.492 e. The van der Waals surface area contributed by atoms with Crippen LogP contribution < -0.4 is 10.2 Å². The van der Waals surface area contributed by atoms with Gasteiger partial charge in [-0.2, -0.15) is 0 Å². The predicted octanol–water partition coefficient (Wildman–Crippen LogP) is 1.88. The molecule has 1 aliphatic heterocycles. The van der Waals surface area contributed by atoms with E-state index in [2.05, 4.69) is 5.32 Å². The van der Waals surface area contributed by atoms with Crippen molar-refractivity contribution in [1.82, 2.24) is 5.32 Å². The third kappa shape index (κ3) is 4.05. The minimum atomic E-state index is -1.56. The second-order valence-corrected chi connectivity index (χ2v) is 7.05. The van der Waals surface area contributed by atoms with Gasteiger partial charge in [0.05, 0.1) is 30.9 Å². The summed E-state index contributed by atoms with van der Waals surface area (Å²) in [5, 5.41) is 14.1. The van der Waals surface area contributed by atoms with E-state index in [9.17, 15) is 24.5 Å². The van der Waals surface area contributed by atoms with Gasteiger partial charge in [-0.3, -0.25) is 34.7 Å². The van der Waals surface area contributed by atoms with Gasteiger partial charge in [-0.1, -0.05) is 11.6 Å². The molecule has 1 aromatic rings. The summed E-state index contributed by atoms with van der Waals surface area (Å²) >= 11 is 11.0. The number of nitrogens with one attached hydrogen (secondary N) is 1. The molecule has 1 heterocycles. The van der Waals surface area contributed by atoms with Gasteiger partial charge in [0.2, 0.25) is 11.5 Å². The van der Waals surface area contributed by atoms with Crippen molar-refractivity contribution in [3.63, 3.8) is 0 Å². The molecule has 0 saturated carbocycles. The molecule has 10 nitrogen and oxygen atoms in total. The van der Waals surface area contributed by atoms with E-state index >= 15 is 0 Å². The highest BCUT2D eigenvalue weighted by molar-refractivity contribution is 7.80. The summed E-state index contributed by atoms with van der Waals surface area (Å²) in [6.45, 7) is 0. The fourth-order valence-electron chi connectivity index (χ4n) is 3.04. The largest absolute Gasteiger partial charge is 0.492 e. The predicted molar refractivity (Wildman–Crippen MR) is 112 cm³/mol. The molecule has 1 saturated heterocycles. The van der Waals surface area contributed by atoms with Gasteiger partial charge in [0.25, 0.3) is 17.5 Å². The molecule has 31 heavy (non-hydrogen) atoms. The number of Topliss-reactive ketones (excluding diaryl/α,β-unsaturated/α-hetero) is 1. The zero-order valence-corrected chi connectivity index (χ0v) is 17.7. The number of methoxy groups -OCH3 is 2. The van der Waals surface area contributed by atoms with Crippen molar-refractivity contribution < 1.29 is 28.8 Å². The highest BCUT2D eigenvalue weighted by Gasteiger charge is 2.42. The maximum atomic E-state index is 13.1. The summed E-state index contributed by atoms with van der Waals surface area (Å²) < 4.78 is 9.98. The van der Waals surface area contributed by atoms with E-state index in [1.807, 2.05) is 0 Å². The Bertz CT molecular complexity index is 1110. The molecule has 3 rings (SSSR count). The normalized spacial score (nSPS) is 20.6. The number of allylic oxidation sites excluding steroid dienone is 3. The molecule has 1 unspecified atom stereocenters. The van der Waals surface area contributed by atoms with Gasteiger partial charge in [-0.15, -0.1) is 0 Å². The number of anilines is 1. The Labute approximate surface area is 185 Å². The highest BCUT2D eigenvalue weighted by atomic mass is 35.5. The summed E-state index contributed by atoms with van der Waals surface area (Å²) in [5.41, 5.74) is -0.766. The van der Waals surface area contributed by atoms with E-state index in [0.717, 1.165) is 17.1 Å². The lowest BCUT2D eigenvalue weighted by Gasteiger charge is -2.29. The van der Waals surface area contributed by atoms with E-state index in [1.165, 1.54) is 38.5 Å². The number of halogens is 1. The van der Waals surface area contributed by atoms with Crippen molar-refractivity contribution in [2.24, 2.45) is 5.92 Å². The van der Waals surface area contributed by atoms with E-state index < -0.39 is 39.7 Å². The van der Waals surface area contributed by atoms with Crippen LogP contribution in [0.15, 0.2) is 59.2 Å². The second-order valence-electron chi connectivity index (χ2n) is 6.23. The van der Waals surface area contributed by atoms with Crippen molar-refractivity contribution in [3.8, 4) is 0 Å². The van der Waals surface area contributed by atoms with Crippen molar-refractivity contribution in [1.29, 1.82) is 0 Å². The quantitative estimate of drug-likeness (QED) is 0.230. The van der Waals surface area contributed by atoms with Gasteiger partial charge >= 0.3 is 0 Å². The van der Waals surface area contributed by atoms with Crippen LogP contribution in [0.3, 0.4) is 0 Å². The smallest absolute Gasteiger partial charge is 0.269 e. The van der Waals surface area contributed by atoms with E-state index in [4.69, 9.17) is 33.3 Å². The first kappa shape index (κ1) is 22.1. The minimum absolute atomic E-state index is 0.141. The van der Waals surface area contributed by atoms with Crippen LogP contribution >= 0.6 is 23.8 Å². The van der Waals surface area contributed by atoms with Gasteiger partial charge in [0, 0.05) is 5.02 Å². The molecular formula is C19H14ClN3O7S. The highest BCUT2D eigenvalue weighted by Crippen LogP contribution is 2.31. The molecule has 12 heteroatoms. The number of thiocarbonyl (C=S) groups is 1. The summed E-state index contributed by atoms with van der Waals surface area (Å²) in [4.78, 5) is 50.1. The average Bonchev–Trinajstić information content (AvgIpc) is 2.72. The number of rotatable bonds is 5. The van der Waals surface area contributed by atoms with Gasteiger partial charge in [-0.25, -0.2) is 0 Å². The van der Waals surface area contributed by atoms with Crippen LogP contribution in [0.2, 0.25) is 5.02 Å². The summed E-state index contributed by atoms with van der Waals surface area (Å²) in [5.74, 6) is -4.57. The Kier molecular flexibility index (Phi) is 6.18. The molecule has 1 N–H and O–H groups in total. The maximum Gasteiger partial charge on any atom is 0.269 e. The Balaban J connectivity index is 2.08. The average molecular weight is 464 g/mol. The first-order valence-corrected chi connectivity index (χ1v) is 9.37. The van der Waals surface area contributed by atoms with Crippen molar-refractivity contribution in [2.75, 3.05) is 19.1 Å². The fraction of sp³-hybridized carbons (Fsp3) is 0.158. The number of amides is 2. The number of ether oxygens (including phenoxy) is 2. The first-order valence-electron chi connectivity index (χ1n) is 8.59. The van der Waals surface area contributed by atoms with Crippen LogP contribution in [0.1, 0.15) is 0 Å². The number of benzene rings is 1. The Hall–Kier alpha value is -3.57. The number of carbonyl (C=O) groups excluding carboxylic acids is 3. The summed E-state index contributed by atoms with van der Waals surface area (Å²) in [6, 6.07) is 6.05. The molecule has 0 radical (unpaired) electrons. The van der Waals surface area contributed by atoms with Crippen molar-refractivity contribution >= 4 is 52.2 Å². The maximum absolute atomic E-state index is 13.1. The summed E-state index contributed by atoms with van der Waals surface area (Å²) in [6.07, 6.45) is 1.93. The lowest BCUT2D eigenvalue weighted by atomic mass is 9.90. The Morgan fingerprint density at radius 2 is 1.84 bits per heavy atom. The lowest BCUT2D eigenvalue weighted by Crippen LogP contribution is -2.54. The van der Waals surface area contributed by atoms with Crippen molar-refractivity contribution in [3.05, 3.63) is 74.3 Å². The number of ketones is 1. The van der Waals surface area contributed by atoms with Crippen LogP contribution in [0.5, 0.6) is 0 Å². The standard InChI is InChI=1S/C19H14ClN3O7S/c1-29-14-8-13(23(27)28)11(15(24)16(14)30-2)7-12-17(25)21-19(31)22(18(12)26)10-5-3-9(20)4-6-10/h3-8,11H,1-2H3,(H,21,25,31). The molecule has 2 amide bonds. The zero-order valence-electron chi connectivity index (χ0n) is 16.1. The van der Waals surface area contributed by atoms with Crippen LogP contribution in [0.25, 0.3) is 0 Å². The van der Waals surface area contributed by atoms with Crippen LogP contribution in [0.4, 0.5) is 5.69 Å². The van der Waals surface area contributed by atoms with Gasteiger partial charge < -0.3 is 9.47 Å². The Morgan fingerprint density at radius 3 is 2.39 bits per heavy atom. The molecule has 0 bridgehead atoms. The SMILES string of the molecule is COC1=C(OC)C(=O)C(C=C2C(=O)NC(=S)N(c3ccc(Cl)cc3)C2=O)C([N+](=O)[O-])=C1. The molecule has 1 aromatic carbocycles. The zero-order chi connectivity index (χ0) is 22.9.